The highest BCUT2D eigenvalue weighted by Crippen LogP contribution is 2.21. The average molecular weight is 397 g/mol. The van der Waals surface area contributed by atoms with Gasteiger partial charge in [0.1, 0.15) is 11.2 Å². The molecular weight excluding hydrogens is 369 g/mol. The lowest BCUT2D eigenvalue weighted by atomic mass is 9.89. The molecule has 1 aliphatic heterocycles. The molecule has 3 rings (SSSR count). The van der Waals surface area contributed by atoms with E-state index in [0.29, 0.717) is 18.7 Å². The molecule has 2 amide bonds. The summed E-state index contributed by atoms with van der Waals surface area (Å²) in [4.78, 5) is 29.7. The van der Waals surface area contributed by atoms with E-state index in [-0.39, 0.29) is 18.3 Å². The first-order valence-electron chi connectivity index (χ1n) is 9.95. The van der Waals surface area contributed by atoms with Crippen LogP contribution >= 0.6 is 0 Å². The van der Waals surface area contributed by atoms with E-state index in [2.05, 4.69) is 22.3 Å². The van der Waals surface area contributed by atoms with Crippen molar-refractivity contribution in [3.8, 4) is 0 Å². The molecule has 1 N–H and O–H groups in total. The quantitative estimate of drug-likeness (QED) is 0.763. The molecule has 1 heterocycles. The Morgan fingerprint density at radius 1 is 0.966 bits per heavy atom. The summed E-state index contributed by atoms with van der Waals surface area (Å²) >= 11 is 0. The zero-order valence-electron chi connectivity index (χ0n) is 17.0. The van der Waals surface area contributed by atoms with Crippen LogP contribution in [-0.2, 0) is 22.7 Å². The second-order valence-electron chi connectivity index (χ2n) is 7.95. The number of hydrogen-bond acceptors (Lipinski definition) is 3. The first kappa shape index (κ1) is 21.0. The maximum absolute atomic E-state index is 13.7. The Hall–Kier alpha value is -2.73. The standard InChI is InChI=1S/C23H28FN3O2/c1-23(2,21(28)25-16-19-10-6-7-11-20(19)24)22(29)27-14-12-26(13-15-27)17-18-8-4-3-5-9-18/h3-11H,12-17H2,1-2H3,(H,25,28). The van der Waals surface area contributed by atoms with Gasteiger partial charge >= 0.3 is 0 Å². The van der Waals surface area contributed by atoms with Crippen molar-refractivity contribution in [3.05, 3.63) is 71.5 Å². The molecule has 1 fully saturated rings. The molecular formula is C23H28FN3O2. The smallest absolute Gasteiger partial charge is 0.237 e. The molecule has 0 aromatic heterocycles. The molecule has 0 saturated carbocycles. The van der Waals surface area contributed by atoms with Crippen molar-refractivity contribution in [3.63, 3.8) is 0 Å². The monoisotopic (exact) mass is 397 g/mol. The van der Waals surface area contributed by atoms with Gasteiger partial charge < -0.3 is 10.2 Å². The Kier molecular flexibility index (Phi) is 6.64. The van der Waals surface area contributed by atoms with Crippen molar-refractivity contribution >= 4 is 11.8 Å². The van der Waals surface area contributed by atoms with E-state index >= 15 is 0 Å². The average Bonchev–Trinajstić information content (AvgIpc) is 2.73. The highest BCUT2D eigenvalue weighted by atomic mass is 19.1. The van der Waals surface area contributed by atoms with Crippen LogP contribution in [0.5, 0.6) is 0 Å². The molecule has 0 bridgehead atoms. The summed E-state index contributed by atoms with van der Waals surface area (Å²) < 4.78 is 13.7. The molecule has 2 aromatic rings. The van der Waals surface area contributed by atoms with E-state index < -0.39 is 11.3 Å². The molecule has 29 heavy (non-hydrogen) atoms. The van der Waals surface area contributed by atoms with Crippen molar-refractivity contribution in [2.45, 2.75) is 26.9 Å². The third-order valence-corrected chi connectivity index (χ3v) is 5.41. The molecule has 5 nitrogen and oxygen atoms in total. The van der Waals surface area contributed by atoms with Gasteiger partial charge in [-0.05, 0) is 25.5 Å². The van der Waals surface area contributed by atoms with Crippen molar-refractivity contribution < 1.29 is 14.0 Å². The zero-order valence-corrected chi connectivity index (χ0v) is 17.0. The second kappa shape index (κ2) is 9.18. The molecule has 1 aliphatic rings. The third kappa shape index (κ3) is 5.21. The summed E-state index contributed by atoms with van der Waals surface area (Å²) in [5, 5.41) is 2.70. The fourth-order valence-electron chi connectivity index (χ4n) is 3.48. The van der Waals surface area contributed by atoms with Crippen LogP contribution in [0.3, 0.4) is 0 Å². The van der Waals surface area contributed by atoms with Gasteiger partial charge in [-0.3, -0.25) is 14.5 Å². The maximum atomic E-state index is 13.7. The number of carbonyl (C=O) groups is 2. The first-order chi connectivity index (χ1) is 13.9. The number of halogens is 1. The summed E-state index contributed by atoms with van der Waals surface area (Å²) in [6, 6.07) is 16.5. The molecule has 0 aliphatic carbocycles. The SMILES string of the molecule is CC(C)(C(=O)NCc1ccccc1F)C(=O)N1CCN(Cc2ccccc2)CC1. The fraction of sp³-hybridized carbons (Fsp3) is 0.391. The molecule has 6 heteroatoms. The highest BCUT2D eigenvalue weighted by Gasteiger charge is 2.39. The number of nitrogens with zero attached hydrogens (tertiary/aromatic N) is 2. The number of amides is 2. The topological polar surface area (TPSA) is 52.7 Å². The largest absolute Gasteiger partial charge is 0.351 e. The Labute approximate surface area is 171 Å². The van der Waals surface area contributed by atoms with E-state index in [1.807, 2.05) is 18.2 Å². The number of piperazine rings is 1. The Morgan fingerprint density at radius 3 is 2.24 bits per heavy atom. The minimum absolute atomic E-state index is 0.0626. The number of hydrogen-bond donors (Lipinski definition) is 1. The Bertz CT molecular complexity index is 846. The molecule has 0 unspecified atom stereocenters. The molecule has 0 atom stereocenters. The predicted molar refractivity (Wildman–Crippen MR) is 110 cm³/mol. The number of benzene rings is 2. The van der Waals surface area contributed by atoms with Gasteiger partial charge in [-0.2, -0.15) is 0 Å². The number of nitrogens with one attached hydrogen (secondary N) is 1. The van der Waals surface area contributed by atoms with Crippen molar-refractivity contribution in [1.82, 2.24) is 15.1 Å². The van der Waals surface area contributed by atoms with Crippen LogP contribution in [0.1, 0.15) is 25.0 Å². The lowest BCUT2D eigenvalue weighted by molar-refractivity contribution is -0.150. The highest BCUT2D eigenvalue weighted by molar-refractivity contribution is 6.04. The Morgan fingerprint density at radius 2 is 1.59 bits per heavy atom. The van der Waals surface area contributed by atoms with Crippen molar-refractivity contribution in [2.75, 3.05) is 26.2 Å². The number of carbonyl (C=O) groups excluding carboxylic acids is 2. The van der Waals surface area contributed by atoms with Crippen LogP contribution in [0.25, 0.3) is 0 Å². The minimum atomic E-state index is -1.20. The van der Waals surface area contributed by atoms with Crippen LogP contribution < -0.4 is 5.32 Å². The van der Waals surface area contributed by atoms with Crippen LogP contribution in [0.15, 0.2) is 54.6 Å². The molecule has 1 saturated heterocycles. The lowest BCUT2D eigenvalue weighted by Crippen LogP contribution is -2.55. The third-order valence-electron chi connectivity index (χ3n) is 5.41. The summed E-state index contributed by atoms with van der Waals surface area (Å²) in [7, 11) is 0. The predicted octanol–water partition coefficient (Wildman–Crippen LogP) is 2.81. The van der Waals surface area contributed by atoms with Crippen LogP contribution in [0, 0.1) is 11.2 Å². The lowest BCUT2D eigenvalue weighted by Gasteiger charge is -2.38. The van der Waals surface area contributed by atoms with Gasteiger partial charge in [-0.25, -0.2) is 4.39 Å². The van der Waals surface area contributed by atoms with Crippen molar-refractivity contribution in [1.29, 1.82) is 0 Å². The van der Waals surface area contributed by atoms with Crippen LogP contribution in [-0.4, -0.2) is 47.8 Å². The maximum Gasteiger partial charge on any atom is 0.237 e. The molecule has 154 valence electrons. The zero-order chi connectivity index (χ0) is 20.9. The first-order valence-corrected chi connectivity index (χ1v) is 9.95. The summed E-state index contributed by atoms with van der Waals surface area (Å²) in [5.74, 6) is -0.952. The van der Waals surface area contributed by atoms with Gasteiger partial charge in [0.15, 0.2) is 0 Å². The second-order valence-corrected chi connectivity index (χ2v) is 7.95. The van der Waals surface area contributed by atoms with Gasteiger partial charge in [-0.1, -0.05) is 48.5 Å². The normalized spacial score (nSPS) is 15.2. The number of rotatable bonds is 6. The van der Waals surface area contributed by atoms with Gasteiger partial charge in [0.25, 0.3) is 0 Å². The summed E-state index contributed by atoms with van der Waals surface area (Å²) in [6.45, 7) is 6.90. The van der Waals surface area contributed by atoms with Gasteiger partial charge in [0.05, 0.1) is 0 Å². The summed E-state index contributed by atoms with van der Waals surface area (Å²) in [6.07, 6.45) is 0. The van der Waals surface area contributed by atoms with E-state index in [1.54, 1.807) is 36.9 Å². The van der Waals surface area contributed by atoms with E-state index in [0.717, 1.165) is 19.6 Å². The van der Waals surface area contributed by atoms with E-state index in [4.69, 9.17) is 0 Å². The van der Waals surface area contributed by atoms with Gasteiger partial charge in [0, 0.05) is 44.8 Å². The van der Waals surface area contributed by atoms with E-state index in [9.17, 15) is 14.0 Å². The molecule has 0 radical (unpaired) electrons. The van der Waals surface area contributed by atoms with E-state index in [1.165, 1.54) is 11.6 Å². The van der Waals surface area contributed by atoms with Crippen LogP contribution in [0.4, 0.5) is 4.39 Å². The van der Waals surface area contributed by atoms with Gasteiger partial charge in [0.2, 0.25) is 11.8 Å². The molecule has 2 aromatic carbocycles. The fourth-order valence-corrected chi connectivity index (χ4v) is 3.48. The van der Waals surface area contributed by atoms with Crippen molar-refractivity contribution in [2.24, 2.45) is 5.41 Å². The van der Waals surface area contributed by atoms with Gasteiger partial charge in [-0.15, -0.1) is 0 Å². The summed E-state index contributed by atoms with van der Waals surface area (Å²) in [5.41, 5.74) is 0.450. The Balaban J connectivity index is 1.52. The molecule has 0 spiro atoms. The van der Waals surface area contributed by atoms with Crippen LogP contribution in [0.2, 0.25) is 0 Å². The minimum Gasteiger partial charge on any atom is -0.351 e.